The van der Waals surface area contributed by atoms with Gasteiger partial charge in [0.1, 0.15) is 0 Å². The number of halogens is 1. The Balaban J connectivity index is 2.25. The van der Waals surface area contributed by atoms with E-state index >= 15 is 0 Å². The first-order valence-electron chi connectivity index (χ1n) is 4.54. The van der Waals surface area contributed by atoms with Crippen LogP contribution in [0.4, 0.5) is 0 Å². The summed E-state index contributed by atoms with van der Waals surface area (Å²) in [5, 5.41) is 16.9. The van der Waals surface area contributed by atoms with Crippen LogP contribution in [0.1, 0.15) is 11.3 Å². The van der Waals surface area contributed by atoms with Crippen molar-refractivity contribution < 1.29 is 5.11 Å². The molecule has 0 saturated carbocycles. The lowest BCUT2D eigenvalue weighted by atomic mass is 10.2. The van der Waals surface area contributed by atoms with Crippen LogP contribution in [0.3, 0.4) is 0 Å². The molecule has 4 nitrogen and oxygen atoms in total. The molecule has 15 heavy (non-hydrogen) atoms. The second kappa shape index (κ2) is 4.55. The molecule has 1 aromatic carbocycles. The number of aliphatic hydroxyl groups excluding tert-OH is 1. The quantitative estimate of drug-likeness (QED) is 0.919. The van der Waals surface area contributed by atoms with Crippen molar-refractivity contribution in [1.29, 1.82) is 0 Å². The van der Waals surface area contributed by atoms with E-state index in [0.717, 1.165) is 5.56 Å². The van der Waals surface area contributed by atoms with Gasteiger partial charge in [0.05, 0.1) is 18.8 Å². The minimum absolute atomic E-state index is 0.0690. The Kier molecular flexibility index (Phi) is 3.13. The van der Waals surface area contributed by atoms with Crippen LogP contribution in [0.15, 0.2) is 34.9 Å². The molecule has 0 amide bonds. The number of hydrogen-bond acceptors (Lipinski definition) is 3. The molecule has 2 rings (SSSR count). The van der Waals surface area contributed by atoms with Crippen molar-refractivity contribution in [2.75, 3.05) is 0 Å². The number of nitrogens with zero attached hydrogens (tertiary/aromatic N) is 3. The fourth-order valence-corrected chi connectivity index (χ4v) is 1.74. The van der Waals surface area contributed by atoms with E-state index in [1.54, 1.807) is 4.68 Å². The lowest BCUT2D eigenvalue weighted by Crippen LogP contribution is -2.06. The molecule has 78 valence electrons. The highest BCUT2D eigenvalue weighted by atomic mass is 79.9. The molecule has 0 saturated heterocycles. The molecule has 1 N–H and O–H groups in total. The first-order chi connectivity index (χ1) is 7.31. The van der Waals surface area contributed by atoms with Crippen LogP contribution < -0.4 is 0 Å². The molecule has 0 spiro atoms. The third kappa shape index (κ3) is 2.24. The predicted octanol–water partition coefficient (Wildman–Crippen LogP) is 1.58. The summed E-state index contributed by atoms with van der Waals surface area (Å²) in [6, 6.07) is 9.93. The Morgan fingerprint density at radius 3 is 2.67 bits per heavy atom. The van der Waals surface area contributed by atoms with Crippen LogP contribution in [0.2, 0.25) is 0 Å². The topological polar surface area (TPSA) is 50.9 Å². The molecule has 1 heterocycles. The van der Waals surface area contributed by atoms with E-state index in [1.807, 2.05) is 30.3 Å². The monoisotopic (exact) mass is 267 g/mol. The normalized spacial score (nSPS) is 10.5. The molecule has 2 aromatic rings. The van der Waals surface area contributed by atoms with Crippen molar-refractivity contribution in [2.24, 2.45) is 0 Å². The van der Waals surface area contributed by atoms with Gasteiger partial charge >= 0.3 is 0 Å². The smallest absolute Gasteiger partial charge is 0.153 e. The van der Waals surface area contributed by atoms with Crippen LogP contribution in [-0.2, 0) is 13.2 Å². The Bertz CT molecular complexity index is 441. The highest BCUT2D eigenvalue weighted by Gasteiger charge is 2.08. The van der Waals surface area contributed by atoms with Gasteiger partial charge in [0.25, 0.3) is 0 Å². The molecular formula is C10H10BrN3O. The van der Waals surface area contributed by atoms with Gasteiger partial charge in [-0.15, -0.1) is 5.10 Å². The molecule has 0 aliphatic carbocycles. The van der Waals surface area contributed by atoms with E-state index in [0.29, 0.717) is 16.8 Å². The number of hydrogen-bond donors (Lipinski definition) is 1. The van der Waals surface area contributed by atoms with E-state index in [9.17, 15) is 0 Å². The lowest BCUT2D eigenvalue weighted by molar-refractivity contribution is 0.268. The van der Waals surface area contributed by atoms with Gasteiger partial charge in [-0.2, -0.15) is 0 Å². The second-order valence-corrected chi connectivity index (χ2v) is 3.88. The fraction of sp³-hybridized carbons (Fsp3) is 0.200. The summed E-state index contributed by atoms with van der Waals surface area (Å²) in [5.74, 6) is 0. The SMILES string of the molecule is OCc1c(Br)nnn1Cc1ccccc1. The van der Waals surface area contributed by atoms with E-state index in [2.05, 4.69) is 26.2 Å². The zero-order valence-corrected chi connectivity index (χ0v) is 9.55. The van der Waals surface area contributed by atoms with Crippen LogP contribution in [0, 0.1) is 0 Å². The molecular weight excluding hydrogens is 258 g/mol. The maximum Gasteiger partial charge on any atom is 0.153 e. The summed E-state index contributed by atoms with van der Waals surface area (Å²) in [5.41, 5.74) is 1.82. The molecule has 0 bridgehead atoms. The molecule has 0 aliphatic heterocycles. The zero-order chi connectivity index (χ0) is 10.7. The van der Waals surface area contributed by atoms with Crippen molar-refractivity contribution in [3.63, 3.8) is 0 Å². The standard InChI is InChI=1S/C10H10BrN3O/c11-10-9(7-15)14(13-12-10)6-8-4-2-1-3-5-8/h1-5,15H,6-7H2. The molecule has 0 radical (unpaired) electrons. The summed E-state index contributed by atoms with van der Waals surface area (Å²) in [7, 11) is 0. The zero-order valence-electron chi connectivity index (χ0n) is 7.97. The fourth-order valence-electron chi connectivity index (χ4n) is 1.34. The van der Waals surface area contributed by atoms with Crippen molar-refractivity contribution in [3.05, 3.63) is 46.2 Å². The maximum absolute atomic E-state index is 9.14. The Morgan fingerprint density at radius 2 is 2.00 bits per heavy atom. The lowest BCUT2D eigenvalue weighted by Gasteiger charge is -2.03. The molecule has 0 atom stereocenters. The van der Waals surface area contributed by atoms with Crippen LogP contribution in [0.5, 0.6) is 0 Å². The van der Waals surface area contributed by atoms with E-state index < -0.39 is 0 Å². The number of rotatable bonds is 3. The van der Waals surface area contributed by atoms with Crippen molar-refractivity contribution >= 4 is 15.9 Å². The summed E-state index contributed by atoms with van der Waals surface area (Å²) in [6.07, 6.45) is 0. The van der Waals surface area contributed by atoms with E-state index in [1.165, 1.54) is 0 Å². The average molecular weight is 268 g/mol. The van der Waals surface area contributed by atoms with Crippen molar-refractivity contribution in [2.45, 2.75) is 13.2 Å². The Hall–Kier alpha value is -1.20. The first-order valence-corrected chi connectivity index (χ1v) is 5.33. The van der Waals surface area contributed by atoms with E-state index in [-0.39, 0.29) is 6.61 Å². The van der Waals surface area contributed by atoms with Crippen LogP contribution in [-0.4, -0.2) is 20.1 Å². The van der Waals surface area contributed by atoms with Crippen LogP contribution in [0.25, 0.3) is 0 Å². The maximum atomic E-state index is 9.14. The van der Waals surface area contributed by atoms with Gasteiger partial charge in [-0.05, 0) is 21.5 Å². The largest absolute Gasteiger partial charge is 0.390 e. The van der Waals surface area contributed by atoms with Gasteiger partial charge < -0.3 is 5.11 Å². The van der Waals surface area contributed by atoms with Gasteiger partial charge in [-0.1, -0.05) is 35.5 Å². The molecule has 0 aliphatic rings. The number of aromatic nitrogens is 3. The molecule has 1 aromatic heterocycles. The Labute approximate surface area is 95.7 Å². The third-order valence-electron chi connectivity index (χ3n) is 2.12. The first kappa shape index (κ1) is 10.3. The molecule has 5 heteroatoms. The number of aliphatic hydroxyl groups is 1. The average Bonchev–Trinajstić information content (AvgIpc) is 2.61. The summed E-state index contributed by atoms with van der Waals surface area (Å²) < 4.78 is 2.28. The summed E-state index contributed by atoms with van der Waals surface area (Å²) >= 11 is 3.24. The number of benzene rings is 1. The van der Waals surface area contributed by atoms with Gasteiger partial charge in [-0.3, -0.25) is 0 Å². The molecule has 0 unspecified atom stereocenters. The third-order valence-corrected chi connectivity index (χ3v) is 2.73. The van der Waals surface area contributed by atoms with Gasteiger partial charge in [0, 0.05) is 0 Å². The minimum atomic E-state index is -0.0690. The van der Waals surface area contributed by atoms with Gasteiger partial charge in [0.15, 0.2) is 4.60 Å². The van der Waals surface area contributed by atoms with Gasteiger partial charge in [0.2, 0.25) is 0 Å². The van der Waals surface area contributed by atoms with Crippen LogP contribution >= 0.6 is 15.9 Å². The van der Waals surface area contributed by atoms with E-state index in [4.69, 9.17) is 5.11 Å². The Morgan fingerprint density at radius 1 is 1.27 bits per heavy atom. The van der Waals surface area contributed by atoms with Crippen molar-refractivity contribution in [1.82, 2.24) is 15.0 Å². The minimum Gasteiger partial charge on any atom is -0.390 e. The van der Waals surface area contributed by atoms with Gasteiger partial charge in [-0.25, -0.2) is 4.68 Å². The summed E-state index contributed by atoms with van der Waals surface area (Å²) in [4.78, 5) is 0. The predicted molar refractivity (Wildman–Crippen MR) is 59.2 cm³/mol. The highest BCUT2D eigenvalue weighted by molar-refractivity contribution is 9.10. The molecule has 0 fully saturated rings. The second-order valence-electron chi connectivity index (χ2n) is 3.13. The highest BCUT2D eigenvalue weighted by Crippen LogP contribution is 2.13. The van der Waals surface area contributed by atoms with Crippen molar-refractivity contribution in [3.8, 4) is 0 Å². The summed E-state index contributed by atoms with van der Waals surface area (Å²) in [6.45, 7) is 0.551.